The van der Waals surface area contributed by atoms with Gasteiger partial charge in [0.25, 0.3) is 5.92 Å². The van der Waals surface area contributed by atoms with Crippen LogP contribution in [0.4, 0.5) is 8.78 Å². The molecule has 3 rings (SSSR count). The van der Waals surface area contributed by atoms with Crippen molar-refractivity contribution in [2.24, 2.45) is 0 Å². The average Bonchev–Trinajstić information content (AvgIpc) is 3.12. The number of rotatable bonds is 5. The second kappa shape index (κ2) is 9.67. The molecule has 0 aliphatic carbocycles. The first-order chi connectivity index (χ1) is 11.0. The predicted octanol–water partition coefficient (Wildman–Crippen LogP) is 2.61. The average molecular weight is 396 g/mol. The van der Waals surface area contributed by atoms with E-state index in [1.807, 2.05) is 18.2 Å². The summed E-state index contributed by atoms with van der Waals surface area (Å²) in [5, 5.41) is 5.44. The molecule has 0 radical (unpaired) electrons. The fourth-order valence-electron chi connectivity index (χ4n) is 3.39. The number of carbonyl (C=O) groups excluding carboxylic acids is 1. The van der Waals surface area contributed by atoms with Gasteiger partial charge in [0.1, 0.15) is 0 Å². The van der Waals surface area contributed by atoms with Gasteiger partial charge in [-0.2, -0.15) is 0 Å². The summed E-state index contributed by atoms with van der Waals surface area (Å²) in [4.78, 5) is 14.4. The van der Waals surface area contributed by atoms with Crippen LogP contribution in [-0.2, 0) is 11.3 Å². The minimum absolute atomic E-state index is 0. The van der Waals surface area contributed by atoms with Gasteiger partial charge in [-0.15, -0.1) is 24.8 Å². The highest BCUT2D eigenvalue weighted by atomic mass is 35.5. The number of hydrogen-bond donors (Lipinski definition) is 2. The van der Waals surface area contributed by atoms with E-state index in [2.05, 4.69) is 27.7 Å². The molecule has 2 unspecified atom stereocenters. The molecule has 1 amide bonds. The van der Waals surface area contributed by atoms with Gasteiger partial charge >= 0.3 is 0 Å². The Labute approximate surface area is 159 Å². The summed E-state index contributed by atoms with van der Waals surface area (Å²) in [5.74, 6) is -3.08. The van der Waals surface area contributed by atoms with Crippen LogP contribution in [0.25, 0.3) is 0 Å². The molecule has 0 saturated carbocycles. The van der Waals surface area contributed by atoms with Crippen LogP contribution in [0.3, 0.4) is 0 Å². The van der Waals surface area contributed by atoms with Crippen molar-refractivity contribution in [1.29, 1.82) is 0 Å². The van der Waals surface area contributed by atoms with E-state index < -0.39 is 24.9 Å². The highest BCUT2D eigenvalue weighted by molar-refractivity contribution is 5.85. The Bertz CT molecular complexity index is 548. The van der Waals surface area contributed by atoms with Gasteiger partial charge in [-0.25, -0.2) is 8.78 Å². The first kappa shape index (κ1) is 22.1. The van der Waals surface area contributed by atoms with Crippen molar-refractivity contribution in [3.8, 4) is 0 Å². The minimum atomic E-state index is -2.77. The highest BCUT2D eigenvalue weighted by Crippen LogP contribution is 2.25. The summed E-state index contributed by atoms with van der Waals surface area (Å²) < 4.78 is 26.3. The molecule has 2 heterocycles. The number of nitrogens with zero attached hydrogens (tertiary/aromatic N) is 1. The normalized spacial score (nSPS) is 25.0. The Balaban J connectivity index is 0.00000156. The van der Waals surface area contributed by atoms with Crippen LogP contribution in [0.5, 0.6) is 0 Å². The summed E-state index contributed by atoms with van der Waals surface area (Å²) in [5.41, 5.74) is 1.25. The van der Waals surface area contributed by atoms with Gasteiger partial charge < -0.3 is 5.32 Å². The van der Waals surface area contributed by atoms with Gasteiger partial charge in [-0.3, -0.25) is 15.0 Å². The van der Waals surface area contributed by atoms with Crippen molar-refractivity contribution >= 4 is 30.7 Å². The van der Waals surface area contributed by atoms with E-state index in [0.29, 0.717) is 6.54 Å². The van der Waals surface area contributed by atoms with Crippen molar-refractivity contribution in [3.05, 3.63) is 35.9 Å². The Morgan fingerprint density at radius 1 is 1.28 bits per heavy atom. The molecule has 2 aliphatic heterocycles. The van der Waals surface area contributed by atoms with Crippen LogP contribution in [0.2, 0.25) is 0 Å². The fraction of sp³-hybridized carbons (Fsp3) is 0.588. The zero-order chi connectivity index (χ0) is 16.3. The highest BCUT2D eigenvalue weighted by Gasteiger charge is 2.42. The topological polar surface area (TPSA) is 44.4 Å². The number of amides is 1. The van der Waals surface area contributed by atoms with E-state index in [0.717, 1.165) is 25.9 Å². The summed E-state index contributed by atoms with van der Waals surface area (Å²) in [6, 6.07) is 9.74. The molecule has 8 heteroatoms. The second-order valence-corrected chi connectivity index (χ2v) is 6.49. The monoisotopic (exact) mass is 395 g/mol. The SMILES string of the molecule is Cl.Cl.O=C(NCC1CCCN1Cc1ccccc1)C1CC(F)(F)CN1. The van der Waals surface area contributed by atoms with Crippen LogP contribution in [0.1, 0.15) is 24.8 Å². The summed E-state index contributed by atoms with van der Waals surface area (Å²) >= 11 is 0. The predicted molar refractivity (Wildman–Crippen MR) is 98.7 cm³/mol. The summed E-state index contributed by atoms with van der Waals surface area (Å²) in [7, 11) is 0. The molecule has 0 aromatic heterocycles. The third-order valence-corrected chi connectivity index (χ3v) is 4.67. The maximum absolute atomic E-state index is 13.1. The molecule has 2 aliphatic rings. The largest absolute Gasteiger partial charge is 0.353 e. The fourth-order valence-corrected chi connectivity index (χ4v) is 3.39. The van der Waals surface area contributed by atoms with E-state index >= 15 is 0 Å². The molecular weight excluding hydrogens is 371 g/mol. The van der Waals surface area contributed by atoms with Gasteiger partial charge in [0, 0.05) is 25.6 Å². The third kappa shape index (κ3) is 6.06. The quantitative estimate of drug-likeness (QED) is 0.805. The molecule has 1 aromatic rings. The Hall–Kier alpha value is -0.950. The van der Waals surface area contributed by atoms with Crippen molar-refractivity contribution in [2.75, 3.05) is 19.6 Å². The molecule has 0 spiro atoms. The lowest BCUT2D eigenvalue weighted by Gasteiger charge is -2.25. The van der Waals surface area contributed by atoms with E-state index in [1.165, 1.54) is 5.56 Å². The molecule has 1 aromatic carbocycles. The molecule has 2 N–H and O–H groups in total. The standard InChI is InChI=1S/C17H23F2N3O.2ClH/c18-17(19)9-15(21-12-17)16(23)20-10-14-7-4-8-22(14)11-13-5-2-1-3-6-13;;/h1-3,5-6,14-15,21H,4,7-12H2,(H,20,23);2*1H. The van der Waals surface area contributed by atoms with Crippen molar-refractivity contribution in [1.82, 2.24) is 15.5 Å². The van der Waals surface area contributed by atoms with E-state index in [1.54, 1.807) is 0 Å². The summed E-state index contributed by atoms with van der Waals surface area (Å²) in [6.07, 6.45) is 1.73. The molecule has 2 saturated heterocycles. The number of hydrogen-bond acceptors (Lipinski definition) is 3. The molecule has 2 atom stereocenters. The smallest absolute Gasteiger partial charge is 0.262 e. The Morgan fingerprint density at radius 3 is 2.64 bits per heavy atom. The number of halogens is 4. The first-order valence-electron chi connectivity index (χ1n) is 8.20. The Kier molecular flexibility index (Phi) is 8.54. The Morgan fingerprint density at radius 2 is 2.00 bits per heavy atom. The zero-order valence-electron chi connectivity index (χ0n) is 13.9. The number of carbonyl (C=O) groups is 1. The molecule has 4 nitrogen and oxygen atoms in total. The second-order valence-electron chi connectivity index (χ2n) is 6.49. The van der Waals surface area contributed by atoms with E-state index in [4.69, 9.17) is 0 Å². The number of nitrogens with one attached hydrogen (secondary N) is 2. The lowest BCUT2D eigenvalue weighted by molar-refractivity contribution is -0.123. The van der Waals surface area contributed by atoms with Crippen LogP contribution in [0.15, 0.2) is 30.3 Å². The van der Waals surface area contributed by atoms with E-state index in [9.17, 15) is 13.6 Å². The maximum atomic E-state index is 13.1. The van der Waals surface area contributed by atoms with E-state index in [-0.39, 0.29) is 36.8 Å². The third-order valence-electron chi connectivity index (χ3n) is 4.67. The van der Waals surface area contributed by atoms with Gasteiger partial charge in [0.15, 0.2) is 0 Å². The molecule has 0 bridgehead atoms. The lowest BCUT2D eigenvalue weighted by atomic mass is 10.1. The number of benzene rings is 1. The molecular formula is C17H25Cl2F2N3O. The van der Waals surface area contributed by atoms with Crippen molar-refractivity contribution in [2.45, 2.75) is 43.8 Å². The lowest BCUT2D eigenvalue weighted by Crippen LogP contribution is -2.45. The van der Waals surface area contributed by atoms with Gasteiger partial charge in [-0.05, 0) is 24.9 Å². The van der Waals surface area contributed by atoms with Gasteiger partial charge in [-0.1, -0.05) is 30.3 Å². The van der Waals surface area contributed by atoms with Crippen LogP contribution in [-0.4, -0.2) is 48.4 Å². The van der Waals surface area contributed by atoms with Crippen molar-refractivity contribution in [3.63, 3.8) is 0 Å². The molecule has 25 heavy (non-hydrogen) atoms. The van der Waals surface area contributed by atoms with Gasteiger partial charge in [0.2, 0.25) is 5.91 Å². The number of alkyl halides is 2. The maximum Gasteiger partial charge on any atom is 0.262 e. The molecule has 142 valence electrons. The number of likely N-dealkylation sites (tertiary alicyclic amines) is 1. The summed E-state index contributed by atoms with van der Waals surface area (Å²) in [6.45, 7) is 1.99. The zero-order valence-corrected chi connectivity index (χ0v) is 15.6. The van der Waals surface area contributed by atoms with Crippen LogP contribution in [0, 0.1) is 0 Å². The minimum Gasteiger partial charge on any atom is -0.353 e. The van der Waals surface area contributed by atoms with Crippen LogP contribution < -0.4 is 10.6 Å². The van der Waals surface area contributed by atoms with Crippen LogP contribution >= 0.6 is 24.8 Å². The molecule has 2 fully saturated rings. The van der Waals surface area contributed by atoms with Crippen molar-refractivity contribution < 1.29 is 13.6 Å². The van der Waals surface area contributed by atoms with Gasteiger partial charge in [0.05, 0.1) is 12.6 Å². The first-order valence-corrected chi connectivity index (χ1v) is 8.20.